The van der Waals surface area contributed by atoms with Crippen molar-refractivity contribution in [2.45, 2.75) is 13.0 Å². The molecule has 0 fully saturated rings. The third-order valence-corrected chi connectivity index (χ3v) is 3.70. The average Bonchev–Trinajstić information content (AvgIpc) is 2.91. The third kappa shape index (κ3) is 2.24. The number of carbonyl (C=O) groups excluding carboxylic acids is 1. The Kier molecular flexibility index (Phi) is 2.90. The summed E-state index contributed by atoms with van der Waals surface area (Å²) < 4.78 is 7.23. The van der Waals surface area contributed by atoms with E-state index in [0.29, 0.717) is 17.3 Å². The van der Waals surface area contributed by atoms with Crippen LogP contribution in [0.15, 0.2) is 30.7 Å². The number of hydrogen-bond donors (Lipinski definition) is 2. The van der Waals surface area contributed by atoms with Crippen LogP contribution >= 0.6 is 0 Å². The lowest BCUT2D eigenvalue weighted by Crippen LogP contribution is -2.34. The highest BCUT2D eigenvalue weighted by Gasteiger charge is 2.23. The van der Waals surface area contributed by atoms with Gasteiger partial charge >= 0.3 is 0 Å². The van der Waals surface area contributed by atoms with Gasteiger partial charge in [-0.2, -0.15) is 5.10 Å². The molecule has 23 heavy (non-hydrogen) atoms. The SMILES string of the molecule is C[C@@H]1Oc2ccc(Nc3ncnc4c3cnn4C)cc2NC1=O. The van der Waals surface area contributed by atoms with Gasteiger partial charge in [0.1, 0.15) is 17.9 Å². The molecule has 0 radical (unpaired) electrons. The van der Waals surface area contributed by atoms with Crippen molar-refractivity contribution in [1.29, 1.82) is 0 Å². The lowest BCUT2D eigenvalue weighted by molar-refractivity contribution is -0.122. The van der Waals surface area contributed by atoms with Gasteiger partial charge in [0.25, 0.3) is 5.91 Å². The monoisotopic (exact) mass is 310 g/mol. The molecule has 1 amide bonds. The van der Waals surface area contributed by atoms with Crippen molar-refractivity contribution in [1.82, 2.24) is 19.7 Å². The van der Waals surface area contributed by atoms with Gasteiger partial charge < -0.3 is 15.4 Å². The standard InChI is InChI=1S/C15H14N6O2/c1-8-15(22)20-11-5-9(3-4-12(11)23-8)19-13-10-6-18-21(2)14(10)17-7-16-13/h3-8H,1-2H3,(H,20,22)(H,16,17,19)/t8-/m0/s1. The van der Waals surface area contributed by atoms with E-state index in [4.69, 9.17) is 4.74 Å². The van der Waals surface area contributed by atoms with E-state index in [2.05, 4.69) is 25.7 Å². The molecule has 1 aromatic carbocycles. The summed E-state index contributed by atoms with van der Waals surface area (Å²) in [5.74, 6) is 1.14. The minimum Gasteiger partial charge on any atom is -0.479 e. The van der Waals surface area contributed by atoms with E-state index in [1.165, 1.54) is 6.33 Å². The second kappa shape index (κ2) is 4.94. The summed E-state index contributed by atoms with van der Waals surface area (Å²) in [6.45, 7) is 1.71. The van der Waals surface area contributed by atoms with E-state index in [1.807, 2.05) is 25.2 Å². The number of benzene rings is 1. The number of nitrogens with zero attached hydrogens (tertiary/aromatic N) is 4. The number of anilines is 3. The van der Waals surface area contributed by atoms with Crippen LogP contribution in [0.4, 0.5) is 17.2 Å². The van der Waals surface area contributed by atoms with Crippen LogP contribution in [-0.4, -0.2) is 31.8 Å². The number of carbonyl (C=O) groups is 1. The molecular weight excluding hydrogens is 296 g/mol. The zero-order chi connectivity index (χ0) is 16.0. The number of fused-ring (bicyclic) bond motifs is 2. The molecule has 2 N–H and O–H groups in total. The number of amides is 1. The van der Waals surface area contributed by atoms with Gasteiger partial charge in [0.2, 0.25) is 0 Å². The number of rotatable bonds is 2. The molecule has 1 aliphatic heterocycles. The van der Waals surface area contributed by atoms with Crippen molar-refractivity contribution in [2.75, 3.05) is 10.6 Å². The Morgan fingerprint density at radius 2 is 2.22 bits per heavy atom. The molecule has 0 saturated carbocycles. The van der Waals surface area contributed by atoms with Crippen LogP contribution in [0.5, 0.6) is 5.75 Å². The summed E-state index contributed by atoms with van der Waals surface area (Å²) >= 11 is 0. The Labute approximate surface area is 131 Å². The summed E-state index contributed by atoms with van der Waals surface area (Å²) in [4.78, 5) is 20.2. The zero-order valence-electron chi connectivity index (χ0n) is 12.6. The zero-order valence-corrected chi connectivity index (χ0v) is 12.6. The Hall–Kier alpha value is -3.16. The quantitative estimate of drug-likeness (QED) is 0.750. The van der Waals surface area contributed by atoms with E-state index >= 15 is 0 Å². The fraction of sp³-hybridized carbons (Fsp3) is 0.200. The fourth-order valence-corrected chi connectivity index (χ4v) is 2.48. The molecule has 0 bridgehead atoms. The van der Waals surface area contributed by atoms with E-state index in [1.54, 1.807) is 17.8 Å². The molecule has 3 aromatic rings. The van der Waals surface area contributed by atoms with Crippen LogP contribution in [0, 0.1) is 0 Å². The predicted molar refractivity (Wildman–Crippen MR) is 84.7 cm³/mol. The molecule has 0 unspecified atom stereocenters. The number of aryl methyl sites for hydroxylation is 1. The van der Waals surface area contributed by atoms with E-state index < -0.39 is 6.10 Å². The summed E-state index contributed by atoms with van der Waals surface area (Å²) in [6.07, 6.45) is 2.71. The van der Waals surface area contributed by atoms with Crippen molar-refractivity contribution in [3.05, 3.63) is 30.7 Å². The molecule has 4 rings (SSSR count). The van der Waals surface area contributed by atoms with Gasteiger partial charge in [-0.1, -0.05) is 0 Å². The molecule has 0 spiro atoms. The smallest absolute Gasteiger partial charge is 0.265 e. The van der Waals surface area contributed by atoms with Crippen molar-refractivity contribution >= 4 is 34.1 Å². The molecular formula is C15H14N6O2. The lowest BCUT2D eigenvalue weighted by atomic mass is 10.2. The van der Waals surface area contributed by atoms with Crippen LogP contribution in [0.2, 0.25) is 0 Å². The summed E-state index contributed by atoms with van der Waals surface area (Å²) in [7, 11) is 1.83. The van der Waals surface area contributed by atoms with Crippen LogP contribution in [0.1, 0.15) is 6.92 Å². The van der Waals surface area contributed by atoms with Crippen LogP contribution in [0.25, 0.3) is 11.0 Å². The molecule has 8 heteroatoms. The molecule has 1 atom stereocenters. The molecule has 116 valence electrons. The minimum absolute atomic E-state index is 0.161. The Morgan fingerprint density at radius 3 is 3.09 bits per heavy atom. The third-order valence-electron chi connectivity index (χ3n) is 3.70. The highest BCUT2D eigenvalue weighted by Crippen LogP contribution is 2.33. The first kappa shape index (κ1) is 13.5. The van der Waals surface area contributed by atoms with E-state index in [-0.39, 0.29) is 5.91 Å². The average molecular weight is 310 g/mol. The van der Waals surface area contributed by atoms with Gasteiger partial charge in [0, 0.05) is 12.7 Å². The number of aromatic nitrogens is 4. The van der Waals surface area contributed by atoms with Crippen LogP contribution in [0.3, 0.4) is 0 Å². The molecule has 8 nitrogen and oxygen atoms in total. The summed E-state index contributed by atoms with van der Waals surface area (Å²) in [6, 6.07) is 5.49. The van der Waals surface area contributed by atoms with Gasteiger partial charge in [-0.25, -0.2) is 9.97 Å². The van der Waals surface area contributed by atoms with Gasteiger partial charge in [-0.05, 0) is 25.1 Å². The Balaban J connectivity index is 1.69. The second-order valence-corrected chi connectivity index (χ2v) is 5.31. The number of ether oxygens (including phenoxy) is 1. The summed E-state index contributed by atoms with van der Waals surface area (Å²) in [5, 5.41) is 11.1. The van der Waals surface area contributed by atoms with Gasteiger partial charge in [-0.15, -0.1) is 0 Å². The maximum atomic E-state index is 11.7. The van der Waals surface area contributed by atoms with E-state index in [9.17, 15) is 4.79 Å². The summed E-state index contributed by atoms with van der Waals surface area (Å²) in [5.41, 5.74) is 2.16. The maximum absolute atomic E-state index is 11.7. The van der Waals surface area contributed by atoms with Crippen molar-refractivity contribution < 1.29 is 9.53 Å². The number of hydrogen-bond acceptors (Lipinski definition) is 6. The van der Waals surface area contributed by atoms with Gasteiger partial charge in [-0.3, -0.25) is 9.48 Å². The first-order valence-electron chi connectivity index (χ1n) is 7.13. The maximum Gasteiger partial charge on any atom is 0.265 e. The van der Waals surface area contributed by atoms with Crippen molar-refractivity contribution in [2.24, 2.45) is 7.05 Å². The predicted octanol–water partition coefficient (Wildman–Crippen LogP) is 1.83. The topological polar surface area (TPSA) is 94.0 Å². The second-order valence-electron chi connectivity index (χ2n) is 5.31. The highest BCUT2D eigenvalue weighted by atomic mass is 16.5. The molecule has 2 aromatic heterocycles. The largest absolute Gasteiger partial charge is 0.479 e. The lowest BCUT2D eigenvalue weighted by Gasteiger charge is -2.23. The first-order valence-corrected chi connectivity index (χ1v) is 7.13. The molecule has 0 saturated heterocycles. The van der Waals surface area contributed by atoms with Crippen LogP contribution in [-0.2, 0) is 11.8 Å². The Morgan fingerprint density at radius 1 is 1.35 bits per heavy atom. The van der Waals surface area contributed by atoms with Crippen molar-refractivity contribution in [3.63, 3.8) is 0 Å². The highest BCUT2D eigenvalue weighted by molar-refractivity contribution is 5.98. The van der Waals surface area contributed by atoms with Gasteiger partial charge in [0.05, 0.1) is 17.3 Å². The molecule has 0 aliphatic carbocycles. The van der Waals surface area contributed by atoms with Crippen LogP contribution < -0.4 is 15.4 Å². The Bertz CT molecular complexity index is 919. The first-order chi connectivity index (χ1) is 11.1. The van der Waals surface area contributed by atoms with E-state index in [0.717, 1.165) is 16.7 Å². The molecule has 1 aliphatic rings. The minimum atomic E-state index is -0.488. The van der Waals surface area contributed by atoms with Gasteiger partial charge in [0.15, 0.2) is 11.8 Å². The molecule has 3 heterocycles. The normalized spacial score (nSPS) is 16.6. The number of nitrogens with one attached hydrogen (secondary N) is 2. The van der Waals surface area contributed by atoms with Crippen molar-refractivity contribution in [3.8, 4) is 5.75 Å². The fourth-order valence-electron chi connectivity index (χ4n) is 2.48.